The first-order chi connectivity index (χ1) is 16.4. The van der Waals surface area contributed by atoms with Gasteiger partial charge in [-0.25, -0.2) is 8.42 Å². The number of hydrogen-bond donors (Lipinski definition) is 0. The van der Waals surface area contributed by atoms with Crippen molar-refractivity contribution in [3.8, 4) is 11.3 Å². The lowest BCUT2D eigenvalue weighted by Gasteiger charge is -2.46. The Kier molecular flexibility index (Phi) is 5.16. The summed E-state index contributed by atoms with van der Waals surface area (Å²) in [6.07, 6.45) is 6.46. The van der Waals surface area contributed by atoms with Crippen LogP contribution in [0.4, 0.5) is 0 Å². The van der Waals surface area contributed by atoms with Gasteiger partial charge in [0.05, 0.1) is 23.4 Å². The van der Waals surface area contributed by atoms with Crippen molar-refractivity contribution >= 4 is 26.8 Å². The number of carbonyl (C=O) groups excluding carboxylic acids is 1. The maximum Gasteiger partial charge on any atom is 0.248 e. The summed E-state index contributed by atoms with van der Waals surface area (Å²) in [5.74, 6) is 0.0523. The van der Waals surface area contributed by atoms with Crippen LogP contribution in [0.3, 0.4) is 0 Å². The van der Waals surface area contributed by atoms with Gasteiger partial charge in [0.1, 0.15) is 11.5 Å². The molecule has 0 N–H and O–H groups in total. The van der Waals surface area contributed by atoms with Crippen molar-refractivity contribution in [3.63, 3.8) is 0 Å². The minimum Gasteiger partial charge on any atom is -0.363 e. The molecular formula is C25H26N4O4S. The molecule has 34 heavy (non-hydrogen) atoms. The topological polar surface area (TPSA) is 92.7 Å². The second-order valence-corrected chi connectivity index (χ2v) is 11.4. The van der Waals surface area contributed by atoms with Gasteiger partial charge in [0.25, 0.3) is 0 Å². The van der Waals surface area contributed by atoms with Gasteiger partial charge < -0.3 is 9.64 Å². The number of fused-ring (bicyclic) bond motifs is 1. The van der Waals surface area contributed by atoms with Crippen molar-refractivity contribution < 1.29 is 17.9 Å². The second kappa shape index (κ2) is 8.11. The molecule has 9 heteroatoms. The molecule has 0 atom stereocenters. The van der Waals surface area contributed by atoms with E-state index in [1.807, 2.05) is 35.2 Å². The predicted octanol–water partition coefficient (Wildman–Crippen LogP) is 2.84. The second-order valence-electron chi connectivity index (χ2n) is 9.42. The van der Waals surface area contributed by atoms with Crippen LogP contribution in [0.2, 0.25) is 0 Å². The van der Waals surface area contributed by atoms with Gasteiger partial charge in [0.2, 0.25) is 15.9 Å². The van der Waals surface area contributed by atoms with Crippen molar-refractivity contribution in [1.29, 1.82) is 0 Å². The smallest absolute Gasteiger partial charge is 0.248 e. The van der Waals surface area contributed by atoms with E-state index in [-0.39, 0.29) is 17.4 Å². The molecule has 2 aromatic heterocycles. The van der Waals surface area contributed by atoms with E-state index in [2.05, 4.69) is 9.97 Å². The summed E-state index contributed by atoms with van der Waals surface area (Å²) in [5.41, 5.74) is 2.02. The van der Waals surface area contributed by atoms with Gasteiger partial charge in [-0.2, -0.15) is 4.31 Å². The standard InChI is InChI=1S/C25H26N4O4S/c30-24-16-33-25(17-29(24)20-5-6-20)9-12-28(13-10-25)34(31,32)21-7-8-22(27-15-21)19-4-3-18-2-1-11-26-23(18)14-19/h1-4,7-8,11,14-15,20H,5-6,9-10,12-13,16-17H2. The maximum atomic E-state index is 13.3. The number of pyridine rings is 2. The molecular weight excluding hydrogens is 452 g/mol. The molecule has 176 valence electrons. The van der Waals surface area contributed by atoms with Gasteiger partial charge in [-0.05, 0) is 49.9 Å². The minimum absolute atomic E-state index is 0.0523. The van der Waals surface area contributed by atoms with Gasteiger partial charge in [0.15, 0.2) is 0 Å². The Hall–Kier alpha value is -2.88. The van der Waals surface area contributed by atoms with Gasteiger partial charge in [0, 0.05) is 42.5 Å². The molecule has 3 aliphatic rings. The molecule has 0 bridgehead atoms. The lowest BCUT2D eigenvalue weighted by molar-refractivity contribution is -0.170. The molecule has 1 saturated carbocycles. The largest absolute Gasteiger partial charge is 0.363 e. The average molecular weight is 479 g/mol. The molecule has 1 amide bonds. The highest BCUT2D eigenvalue weighted by Crippen LogP contribution is 2.37. The molecule has 3 aromatic rings. The normalized spacial score (nSPS) is 21.3. The van der Waals surface area contributed by atoms with Crippen molar-refractivity contribution in [1.82, 2.24) is 19.2 Å². The number of hydrogen-bond acceptors (Lipinski definition) is 6. The lowest BCUT2D eigenvalue weighted by atomic mass is 9.90. The molecule has 1 spiro atoms. The highest BCUT2D eigenvalue weighted by molar-refractivity contribution is 7.89. The van der Waals surface area contributed by atoms with Crippen LogP contribution in [0, 0.1) is 0 Å². The summed E-state index contributed by atoms with van der Waals surface area (Å²) in [7, 11) is -3.66. The van der Waals surface area contributed by atoms with E-state index in [1.165, 1.54) is 10.5 Å². The van der Waals surface area contributed by atoms with Crippen LogP contribution >= 0.6 is 0 Å². The van der Waals surface area contributed by atoms with Gasteiger partial charge in [-0.15, -0.1) is 0 Å². The van der Waals surface area contributed by atoms with Gasteiger partial charge in [-0.1, -0.05) is 18.2 Å². The fraction of sp³-hybridized carbons (Fsp3) is 0.400. The van der Waals surface area contributed by atoms with E-state index >= 15 is 0 Å². The molecule has 8 nitrogen and oxygen atoms in total. The Balaban J connectivity index is 1.16. The number of piperidine rings is 1. The first-order valence-electron chi connectivity index (χ1n) is 11.7. The van der Waals surface area contributed by atoms with Crippen molar-refractivity contribution in [2.75, 3.05) is 26.2 Å². The predicted molar refractivity (Wildman–Crippen MR) is 126 cm³/mol. The Labute approximate surface area is 198 Å². The molecule has 1 aliphatic carbocycles. The zero-order valence-electron chi connectivity index (χ0n) is 18.8. The number of aromatic nitrogens is 2. The Morgan fingerprint density at radius 3 is 2.59 bits per heavy atom. The van der Waals surface area contributed by atoms with Crippen molar-refractivity contribution in [2.24, 2.45) is 0 Å². The molecule has 2 aliphatic heterocycles. The maximum absolute atomic E-state index is 13.3. The number of ether oxygens (including phenoxy) is 1. The zero-order chi connectivity index (χ0) is 23.3. The van der Waals surface area contributed by atoms with Gasteiger partial charge >= 0.3 is 0 Å². The Morgan fingerprint density at radius 1 is 1.03 bits per heavy atom. The Bertz CT molecular complexity index is 1350. The highest BCUT2D eigenvalue weighted by Gasteiger charge is 2.47. The summed E-state index contributed by atoms with van der Waals surface area (Å²) in [4.78, 5) is 23.1. The number of sulfonamides is 1. The number of rotatable bonds is 4. The SMILES string of the molecule is O=C1COC2(CCN(S(=O)(=O)c3ccc(-c4ccc5cccnc5c4)nc3)CC2)CN1C1CC1. The quantitative estimate of drug-likeness (QED) is 0.573. The molecule has 3 fully saturated rings. The third kappa shape index (κ3) is 3.87. The average Bonchev–Trinajstić information content (AvgIpc) is 3.71. The first kappa shape index (κ1) is 21.6. The minimum atomic E-state index is -3.66. The highest BCUT2D eigenvalue weighted by atomic mass is 32.2. The summed E-state index contributed by atoms with van der Waals surface area (Å²) >= 11 is 0. The number of carbonyl (C=O) groups is 1. The molecule has 0 unspecified atom stereocenters. The molecule has 2 saturated heterocycles. The van der Waals surface area contributed by atoms with Crippen LogP contribution in [0.1, 0.15) is 25.7 Å². The van der Waals surface area contributed by atoms with Crippen molar-refractivity contribution in [3.05, 3.63) is 54.9 Å². The monoisotopic (exact) mass is 478 g/mol. The van der Waals surface area contributed by atoms with Crippen molar-refractivity contribution in [2.45, 2.75) is 42.2 Å². The van der Waals surface area contributed by atoms with E-state index in [9.17, 15) is 13.2 Å². The fourth-order valence-corrected chi connectivity index (χ4v) is 6.36. The Morgan fingerprint density at radius 2 is 1.85 bits per heavy atom. The first-order valence-corrected chi connectivity index (χ1v) is 13.1. The van der Waals surface area contributed by atoms with Gasteiger partial charge in [-0.3, -0.25) is 14.8 Å². The third-order valence-electron chi connectivity index (χ3n) is 7.18. The molecule has 4 heterocycles. The van der Waals surface area contributed by atoms with Crippen LogP contribution in [0.15, 0.2) is 59.8 Å². The molecule has 0 radical (unpaired) electrons. The molecule has 1 aromatic carbocycles. The summed E-state index contributed by atoms with van der Waals surface area (Å²) in [6.45, 7) is 1.40. The fourth-order valence-electron chi connectivity index (χ4n) is 4.98. The van der Waals surface area contributed by atoms with Crippen LogP contribution in [-0.2, 0) is 19.6 Å². The molecule has 6 rings (SSSR count). The van der Waals surface area contributed by atoms with E-state index < -0.39 is 15.6 Å². The van der Waals surface area contributed by atoms with E-state index in [1.54, 1.807) is 18.3 Å². The lowest BCUT2D eigenvalue weighted by Crippen LogP contribution is -2.59. The van der Waals surface area contributed by atoms with Crippen LogP contribution in [-0.4, -0.2) is 71.4 Å². The number of nitrogens with zero attached hydrogens (tertiary/aromatic N) is 4. The zero-order valence-corrected chi connectivity index (χ0v) is 19.6. The van der Waals surface area contributed by atoms with Crippen LogP contribution in [0.5, 0.6) is 0 Å². The summed E-state index contributed by atoms with van der Waals surface area (Å²) in [5, 5.41) is 1.04. The number of amides is 1. The summed E-state index contributed by atoms with van der Waals surface area (Å²) in [6, 6.07) is 13.5. The number of morpholine rings is 1. The third-order valence-corrected chi connectivity index (χ3v) is 9.06. The van der Waals surface area contributed by atoms with E-state index in [4.69, 9.17) is 4.74 Å². The summed E-state index contributed by atoms with van der Waals surface area (Å²) < 4.78 is 34.0. The van der Waals surface area contributed by atoms with Crippen LogP contribution in [0.25, 0.3) is 22.2 Å². The van der Waals surface area contributed by atoms with E-state index in [0.29, 0.717) is 44.2 Å². The van der Waals surface area contributed by atoms with E-state index in [0.717, 1.165) is 29.3 Å². The van der Waals surface area contributed by atoms with Crippen LogP contribution < -0.4 is 0 Å². The number of benzene rings is 1.